The molecule has 0 aromatic heterocycles. The van der Waals surface area contributed by atoms with Crippen LogP contribution in [0.25, 0.3) is 0 Å². The molecule has 178 valence electrons. The van der Waals surface area contributed by atoms with Gasteiger partial charge in [-0.15, -0.1) is 0 Å². The maximum Gasteiger partial charge on any atom is 0.319 e. The number of urea groups is 1. The number of sulfone groups is 1. The predicted molar refractivity (Wildman–Crippen MR) is 132 cm³/mol. The van der Waals surface area contributed by atoms with Gasteiger partial charge < -0.3 is 20.1 Å². The lowest BCUT2D eigenvalue weighted by molar-refractivity contribution is 0.174. The lowest BCUT2D eigenvalue weighted by Gasteiger charge is -2.16. The highest BCUT2D eigenvalue weighted by Gasteiger charge is 2.19. The van der Waals surface area contributed by atoms with Crippen molar-refractivity contribution in [1.82, 2.24) is 5.32 Å². The van der Waals surface area contributed by atoms with E-state index in [4.69, 9.17) is 9.47 Å². The van der Waals surface area contributed by atoms with Crippen molar-refractivity contribution in [2.45, 2.75) is 36.5 Å². The van der Waals surface area contributed by atoms with Crippen molar-refractivity contribution in [2.24, 2.45) is 0 Å². The van der Waals surface area contributed by atoms with Crippen LogP contribution in [-0.4, -0.2) is 21.2 Å². The van der Waals surface area contributed by atoms with E-state index in [-0.39, 0.29) is 23.5 Å². The van der Waals surface area contributed by atoms with Gasteiger partial charge in [0.15, 0.2) is 21.3 Å². The van der Waals surface area contributed by atoms with Crippen molar-refractivity contribution in [3.63, 3.8) is 0 Å². The summed E-state index contributed by atoms with van der Waals surface area (Å²) in [5, 5.41) is 5.61. The van der Waals surface area contributed by atoms with Gasteiger partial charge in [0, 0.05) is 18.5 Å². The zero-order valence-electron chi connectivity index (χ0n) is 19.1. The molecule has 2 N–H and O–H groups in total. The Morgan fingerprint density at radius 2 is 1.69 bits per heavy atom. The Morgan fingerprint density at radius 1 is 0.943 bits per heavy atom. The third kappa shape index (κ3) is 5.10. The van der Waals surface area contributed by atoms with Crippen molar-refractivity contribution in [3.8, 4) is 23.3 Å². The van der Waals surface area contributed by atoms with Gasteiger partial charge in [0.1, 0.15) is 0 Å². The van der Waals surface area contributed by atoms with Crippen LogP contribution in [0.1, 0.15) is 35.2 Å². The fourth-order valence-corrected chi connectivity index (χ4v) is 5.44. The van der Waals surface area contributed by atoms with Crippen LogP contribution in [0, 0.1) is 11.8 Å². The minimum atomic E-state index is -3.53. The van der Waals surface area contributed by atoms with Gasteiger partial charge in [-0.1, -0.05) is 36.1 Å². The number of hydrogen-bond donors (Lipinski definition) is 2. The number of fused-ring (bicyclic) bond motifs is 2. The van der Waals surface area contributed by atoms with Crippen LogP contribution in [0.5, 0.6) is 11.5 Å². The molecule has 7 nitrogen and oxygen atoms in total. The molecule has 1 atom stereocenters. The molecule has 0 bridgehead atoms. The maximum absolute atomic E-state index is 12.9. The second kappa shape index (κ2) is 9.35. The number of nitrogens with one attached hydrogen (secondary N) is 2. The summed E-state index contributed by atoms with van der Waals surface area (Å²) in [6, 6.07) is 16.8. The van der Waals surface area contributed by atoms with Crippen LogP contribution >= 0.6 is 0 Å². The molecule has 0 fully saturated rings. The van der Waals surface area contributed by atoms with Gasteiger partial charge in [-0.2, -0.15) is 0 Å². The number of carbonyl (C=O) groups excluding carboxylic acids is 1. The van der Waals surface area contributed by atoms with E-state index in [2.05, 4.69) is 22.5 Å². The van der Waals surface area contributed by atoms with E-state index >= 15 is 0 Å². The molecule has 0 radical (unpaired) electrons. The standard InChI is InChI=1S/C27H24N2O5S/c1-18(21-8-13-25-26(15-21)34-17-33-25)28-27(30)29-23-9-11-24(12-10-23)35(31,32)16-19-6-7-20-4-2-3-5-22(20)14-19/h6-15,18H,4-5,16-17H2,1H3,(H2,28,29,30). The molecule has 3 aromatic carbocycles. The number of hydrogen-bond acceptors (Lipinski definition) is 5. The third-order valence-corrected chi connectivity index (χ3v) is 7.73. The molecule has 1 heterocycles. The molecule has 0 saturated heterocycles. The highest BCUT2D eigenvalue weighted by atomic mass is 32.2. The maximum atomic E-state index is 12.9. The quantitative estimate of drug-likeness (QED) is 0.503. The van der Waals surface area contributed by atoms with Crippen LogP contribution in [0.15, 0.2) is 65.6 Å². The van der Waals surface area contributed by atoms with Crippen molar-refractivity contribution in [1.29, 1.82) is 0 Å². The topological polar surface area (TPSA) is 93.7 Å². The molecule has 2 aliphatic rings. The number of anilines is 1. The summed E-state index contributed by atoms with van der Waals surface area (Å²) in [5.41, 5.74) is 4.36. The fourth-order valence-electron chi connectivity index (χ4n) is 4.10. The highest BCUT2D eigenvalue weighted by molar-refractivity contribution is 7.90. The number of benzene rings is 3. The van der Waals surface area contributed by atoms with Gasteiger partial charge in [0.05, 0.1) is 16.7 Å². The molecule has 1 aliphatic heterocycles. The van der Waals surface area contributed by atoms with E-state index in [1.807, 2.05) is 43.3 Å². The molecular formula is C27H24N2O5S. The molecule has 0 spiro atoms. The van der Waals surface area contributed by atoms with Crippen molar-refractivity contribution >= 4 is 21.6 Å². The second-order valence-corrected chi connectivity index (χ2v) is 10.5. The summed E-state index contributed by atoms with van der Waals surface area (Å²) in [5.74, 6) is 7.38. The van der Waals surface area contributed by atoms with Gasteiger partial charge in [0.25, 0.3) is 0 Å². The molecule has 1 unspecified atom stereocenters. The fraction of sp³-hybridized carbons (Fsp3) is 0.222. The number of ether oxygens (including phenoxy) is 2. The smallest absolute Gasteiger partial charge is 0.319 e. The van der Waals surface area contributed by atoms with Gasteiger partial charge in [-0.05, 0) is 65.6 Å². The van der Waals surface area contributed by atoms with E-state index in [0.29, 0.717) is 30.0 Å². The van der Waals surface area contributed by atoms with Crippen LogP contribution in [0.4, 0.5) is 10.5 Å². The predicted octanol–water partition coefficient (Wildman–Crippen LogP) is 4.37. The van der Waals surface area contributed by atoms with Crippen LogP contribution in [-0.2, 0) is 28.4 Å². The Balaban J connectivity index is 1.20. The average molecular weight is 489 g/mol. The second-order valence-electron chi connectivity index (χ2n) is 8.53. The minimum Gasteiger partial charge on any atom is -0.454 e. The average Bonchev–Trinajstić information content (AvgIpc) is 3.32. The Morgan fingerprint density at radius 3 is 2.49 bits per heavy atom. The first-order valence-electron chi connectivity index (χ1n) is 11.2. The Bertz CT molecular complexity index is 1450. The van der Waals surface area contributed by atoms with Crippen LogP contribution in [0.2, 0.25) is 0 Å². The molecule has 5 rings (SSSR count). The largest absolute Gasteiger partial charge is 0.454 e. The number of amides is 2. The highest BCUT2D eigenvalue weighted by Crippen LogP contribution is 2.34. The molecule has 8 heteroatoms. The summed E-state index contributed by atoms with van der Waals surface area (Å²) in [6.45, 7) is 2.05. The monoisotopic (exact) mass is 488 g/mol. The lowest BCUT2D eigenvalue weighted by Crippen LogP contribution is -2.31. The summed E-state index contributed by atoms with van der Waals surface area (Å²) >= 11 is 0. The third-order valence-electron chi connectivity index (χ3n) is 6.03. The first-order chi connectivity index (χ1) is 16.9. The van der Waals surface area contributed by atoms with Crippen LogP contribution < -0.4 is 20.1 Å². The SMILES string of the molecule is CC(NC(=O)Nc1ccc(S(=O)(=O)Cc2ccc3c(c2)CC#CC3)cc1)c1ccc2c(c1)OCO2. The van der Waals surface area contributed by atoms with Crippen molar-refractivity contribution < 1.29 is 22.7 Å². The molecule has 0 saturated carbocycles. The first-order valence-corrected chi connectivity index (χ1v) is 12.9. The van der Waals surface area contributed by atoms with Crippen molar-refractivity contribution in [3.05, 3.63) is 82.9 Å². The lowest BCUT2D eigenvalue weighted by atomic mass is 9.97. The Labute approximate surface area is 204 Å². The normalized spacial score (nSPS) is 14.3. The van der Waals surface area contributed by atoms with Crippen LogP contribution in [0.3, 0.4) is 0 Å². The van der Waals surface area contributed by atoms with E-state index in [0.717, 1.165) is 22.3 Å². The van der Waals surface area contributed by atoms with Gasteiger partial charge in [-0.3, -0.25) is 0 Å². The van der Waals surface area contributed by atoms with E-state index in [1.165, 1.54) is 12.1 Å². The first kappa shape index (κ1) is 22.8. The van der Waals surface area contributed by atoms with E-state index in [9.17, 15) is 13.2 Å². The summed E-state index contributed by atoms with van der Waals surface area (Å²) in [4.78, 5) is 12.7. The van der Waals surface area contributed by atoms with Crippen molar-refractivity contribution in [2.75, 3.05) is 12.1 Å². The zero-order valence-corrected chi connectivity index (χ0v) is 19.9. The minimum absolute atomic E-state index is 0.0893. The van der Waals surface area contributed by atoms with Gasteiger partial charge in [0.2, 0.25) is 6.79 Å². The summed E-state index contributed by atoms with van der Waals surface area (Å²) in [6.07, 6.45) is 1.36. The molecule has 2 amide bonds. The molecule has 3 aromatic rings. The zero-order chi connectivity index (χ0) is 24.4. The summed E-state index contributed by atoms with van der Waals surface area (Å²) < 4.78 is 36.6. The number of rotatable bonds is 6. The van der Waals surface area contributed by atoms with Gasteiger partial charge >= 0.3 is 6.03 Å². The number of carbonyl (C=O) groups is 1. The molecule has 1 aliphatic carbocycles. The van der Waals surface area contributed by atoms with E-state index < -0.39 is 15.9 Å². The Hall–Kier alpha value is -3.96. The Kier molecular flexibility index (Phi) is 6.10. The summed E-state index contributed by atoms with van der Waals surface area (Å²) in [7, 11) is -3.53. The molecular weight excluding hydrogens is 464 g/mol. The van der Waals surface area contributed by atoms with E-state index in [1.54, 1.807) is 12.1 Å². The van der Waals surface area contributed by atoms with Gasteiger partial charge in [-0.25, -0.2) is 13.2 Å². The molecule has 35 heavy (non-hydrogen) atoms.